The van der Waals surface area contributed by atoms with Crippen LogP contribution in [0.1, 0.15) is 43.6 Å². The van der Waals surface area contributed by atoms with Crippen LogP contribution < -0.4 is 29.0 Å². The van der Waals surface area contributed by atoms with Gasteiger partial charge in [0.2, 0.25) is 5.52 Å². The van der Waals surface area contributed by atoms with Crippen LogP contribution in [-0.4, -0.2) is 0 Å². The number of pyridine rings is 1. The zero-order valence-corrected chi connectivity index (χ0v) is 10.9. The van der Waals surface area contributed by atoms with E-state index < -0.39 is 0 Å². The van der Waals surface area contributed by atoms with Gasteiger partial charge in [-0.05, 0) is 42.2 Å². The number of fused-ring (bicyclic) bond motifs is 1. The average molecular weight is 234 g/mol. The first-order valence-electron chi connectivity index (χ1n) is 6.46. The molecule has 2 nitrogen and oxygen atoms in total. The monoisotopic (exact) mass is 234 g/mol. The van der Waals surface area contributed by atoms with E-state index in [1.54, 1.807) is 0 Å². The van der Waals surface area contributed by atoms with E-state index in [1.807, 2.05) is 24.4 Å². The van der Waals surface area contributed by atoms with Crippen molar-refractivity contribution in [3.05, 3.63) is 36.0 Å². The molecule has 0 aliphatic heterocycles. The maximum absolute atomic E-state index is 12.4. The van der Waals surface area contributed by atoms with Crippen molar-refractivity contribution >= 4 is 10.9 Å². The van der Waals surface area contributed by atoms with Crippen LogP contribution in [0.4, 0.5) is 0 Å². The number of benzene rings is 1. The molecule has 1 saturated carbocycles. The summed E-state index contributed by atoms with van der Waals surface area (Å²) in [6.45, 7) is 0. The standard InChI is InChI=1S/C15H17NO.Li/c17-15-13(11-5-2-1-3-6-11)9-8-12-7-4-10-16-14(12)15;/h4,7-11,17H,1-3,5-6H2;/q;+1. The smallest absolute Gasteiger partial charge is 0.868 e. The Hall–Kier alpha value is -0.973. The second-order valence-corrected chi connectivity index (χ2v) is 4.95. The maximum atomic E-state index is 12.4. The van der Waals surface area contributed by atoms with Crippen molar-refractivity contribution in [1.29, 1.82) is 0 Å². The third-order valence-electron chi connectivity index (χ3n) is 3.87. The van der Waals surface area contributed by atoms with Crippen LogP contribution in [0.15, 0.2) is 30.5 Å². The van der Waals surface area contributed by atoms with Gasteiger partial charge >= 0.3 is 18.9 Å². The molecule has 3 heteroatoms. The van der Waals surface area contributed by atoms with E-state index in [0.717, 1.165) is 16.5 Å². The predicted octanol–water partition coefficient (Wildman–Crippen LogP) is -0.221. The van der Waals surface area contributed by atoms with Gasteiger partial charge in [-0.15, -0.1) is 0 Å². The summed E-state index contributed by atoms with van der Waals surface area (Å²) in [5, 5.41) is 13.4. The summed E-state index contributed by atoms with van der Waals surface area (Å²) in [5.41, 5.74) is 1.77. The summed E-state index contributed by atoms with van der Waals surface area (Å²) < 4.78 is 0. The van der Waals surface area contributed by atoms with Gasteiger partial charge in [-0.3, -0.25) is 0 Å². The first kappa shape index (κ1) is 13.5. The van der Waals surface area contributed by atoms with E-state index in [2.05, 4.69) is 11.1 Å². The van der Waals surface area contributed by atoms with Gasteiger partial charge in [0, 0.05) is 11.5 Å². The predicted molar refractivity (Wildman–Crippen MR) is 65.8 cm³/mol. The number of rotatable bonds is 1. The Morgan fingerprint density at radius 1 is 1.06 bits per heavy atom. The van der Waals surface area contributed by atoms with E-state index in [0.29, 0.717) is 5.92 Å². The number of aromatic nitrogens is 1. The molecule has 88 valence electrons. The Kier molecular flexibility index (Phi) is 4.32. The summed E-state index contributed by atoms with van der Waals surface area (Å²) >= 11 is 0. The van der Waals surface area contributed by atoms with Gasteiger partial charge < -0.3 is 5.11 Å². The van der Waals surface area contributed by atoms with E-state index in [4.69, 9.17) is 0 Å². The van der Waals surface area contributed by atoms with Gasteiger partial charge in [0.05, 0.1) is 0 Å². The molecule has 1 aromatic heterocycles. The van der Waals surface area contributed by atoms with Crippen molar-refractivity contribution in [2.24, 2.45) is 0 Å². The number of nitrogens with one attached hydrogen (secondary N) is 1. The van der Waals surface area contributed by atoms with Gasteiger partial charge in [-0.25, -0.2) is 4.98 Å². The summed E-state index contributed by atoms with van der Waals surface area (Å²) in [6, 6.07) is 8.02. The van der Waals surface area contributed by atoms with E-state index >= 15 is 0 Å². The zero-order valence-electron chi connectivity index (χ0n) is 10.9. The molecule has 1 aromatic carbocycles. The minimum Gasteiger partial charge on any atom is -0.868 e. The summed E-state index contributed by atoms with van der Waals surface area (Å²) in [7, 11) is 0. The van der Waals surface area contributed by atoms with Crippen LogP contribution >= 0.6 is 0 Å². The fraction of sp³-hybridized carbons (Fsp3) is 0.400. The van der Waals surface area contributed by atoms with Crippen molar-refractivity contribution in [3.8, 4) is 5.75 Å². The molecule has 1 N–H and O–H groups in total. The molecule has 3 rings (SSSR count). The molecule has 0 amide bonds. The molecule has 0 bridgehead atoms. The van der Waals surface area contributed by atoms with Crippen LogP contribution in [0.3, 0.4) is 0 Å². The van der Waals surface area contributed by atoms with Crippen LogP contribution in [0.2, 0.25) is 0 Å². The minimum atomic E-state index is 0. The molecule has 0 radical (unpaired) electrons. The Morgan fingerprint density at radius 3 is 2.61 bits per heavy atom. The van der Waals surface area contributed by atoms with Crippen molar-refractivity contribution in [2.75, 3.05) is 0 Å². The Labute approximate surface area is 120 Å². The molecule has 1 aliphatic rings. The van der Waals surface area contributed by atoms with Crippen molar-refractivity contribution in [3.63, 3.8) is 0 Å². The summed E-state index contributed by atoms with van der Waals surface area (Å²) in [5.74, 6) is 0.684. The number of hydrogen-bond donors (Lipinski definition) is 0. The molecule has 0 unspecified atom stereocenters. The summed E-state index contributed by atoms with van der Waals surface area (Å²) in [4.78, 5) is 3.09. The van der Waals surface area contributed by atoms with Gasteiger partial charge in [-0.2, -0.15) is 0 Å². The molecule has 1 aliphatic carbocycles. The SMILES string of the molecule is [Li+].[O-]c1c(C2CCCCC2)ccc2ccc[nH+]c12. The summed E-state index contributed by atoms with van der Waals surface area (Å²) in [6.07, 6.45) is 8.03. The van der Waals surface area contributed by atoms with Crippen LogP contribution in [0.5, 0.6) is 5.75 Å². The van der Waals surface area contributed by atoms with Crippen molar-refractivity contribution in [2.45, 2.75) is 38.0 Å². The second kappa shape index (κ2) is 5.78. The Bertz CT molecular complexity index is 535. The van der Waals surface area contributed by atoms with Gasteiger partial charge in [0.1, 0.15) is 0 Å². The van der Waals surface area contributed by atoms with E-state index in [9.17, 15) is 5.11 Å². The molecule has 0 spiro atoms. The Balaban J connectivity index is 0.00000120. The molecule has 1 heterocycles. The number of hydrogen-bond acceptors (Lipinski definition) is 1. The zero-order chi connectivity index (χ0) is 11.7. The quantitative estimate of drug-likeness (QED) is 0.628. The van der Waals surface area contributed by atoms with Crippen LogP contribution in [0.25, 0.3) is 10.9 Å². The van der Waals surface area contributed by atoms with Gasteiger partial charge in [-0.1, -0.05) is 25.3 Å². The van der Waals surface area contributed by atoms with Crippen molar-refractivity contribution in [1.82, 2.24) is 0 Å². The minimum absolute atomic E-state index is 0. The van der Waals surface area contributed by atoms with Crippen molar-refractivity contribution < 1.29 is 29.0 Å². The third-order valence-corrected chi connectivity index (χ3v) is 3.87. The molecule has 0 saturated heterocycles. The fourth-order valence-corrected chi connectivity index (χ4v) is 2.92. The molecule has 0 atom stereocenters. The third kappa shape index (κ3) is 2.41. The van der Waals surface area contributed by atoms with Gasteiger partial charge in [0.15, 0.2) is 6.20 Å². The molecule has 18 heavy (non-hydrogen) atoms. The number of aromatic amines is 1. The molecular weight excluding hydrogens is 217 g/mol. The van der Waals surface area contributed by atoms with Crippen LogP contribution in [0, 0.1) is 0 Å². The first-order chi connectivity index (χ1) is 8.36. The first-order valence-corrected chi connectivity index (χ1v) is 6.46. The largest absolute Gasteiger partial charge is 1.00 e. The molecule has 1 fully saturated rings. The van der Waals surface area contributed by atoms with E-state index in [1.165, 1.54) is 32.1 Å². The normalized spacial score (nSPS) is 16.4. The second-order valence-electron chi connectivity index (χ2n) is 4.95. The fourth-order valence-electron chi connectivity index (χ4n) is 2.92. The number of H-pyrrole nitrogens is 1. The molecule has 2 aromatic rings. The average Bonchev–Trinajstić information content (AvgIpc) is 2.40. The van der Waals surface area contributed by atoms with Crippen LogP contribution in [-0.2, 0) is 0 Å². The Morgan fingerprint density at radius 2 is 1.83 bits per heavy atom. The topological polar surface area (TPSA) is 37.2 Å². The van der Waals surface area contributed by atoms with Gasteiger partial charge in [0.25, 0.3) is 0 Å². The van der Waals surface area contributed by atoms with E-state index in [-0.39, 0.29) is 24.6 Å². The molecular formula is C15H17LiNO+. The maximum Gasteiger partial charge on any atom is 1.00 e.